The minimum Gasteiger partial charge on any atom is -0.493 e. The van der Waals surface area contributed by atoms with E-state index in [4.69, 9.17) is 14.2 Å². The van der Waals surface area contributed by atoms with Crippen molar-refractivity contribution in [2.45, 2.75) is 37.4 Å². The Labute approximate surface area is 177 Å². The van der Waals surface area contributed by atoms with Crippen LogP contribution in [0.2, 0.25) is 0 Å². The van der Waals surface area contributed by atoms with Crippen molar-refractivity contribution in [3.8, 4) is 11.5 Å². The van der Waals surface area contributed by atoms with Crippen LogP contribution in [0.1, 0.15) is 35.7 Å². The van der Waals surface area contributed by atoms with Gasteiger partial charge in [-0.05, 0) is 60.6 Å². The number of ketones is 1. The molecule has 0 amide bonds. The van der Waals surface area contributed by atoms with Gasteiger partial charge in [0.1, 0.15) is 12.2 Å². The number of carbonyl (C=O) groups excluding carboxylic acids is 2. The average molecular weight is 466 g/mol. The fourth-order valence-electron chi connectivity index (χ4n) is 4.70. The van der Waals surface area contributed by atoms with Gasteiger partial charge in [-0.1, -0.05) is 0 Å². The largest absolute Gasteiger partial charge is 0.493 e. The first-order valence-electron chi connectivity index (χ1n) is 9.63. The third-order valence-electron chi connectivity index (χ3n) is 6.07. The number of nitrogens with zero attached hydrogens (tertiary/aromatic N) is 1. The van der Waals surface area contributed by atoms with E-state index in [1.165, 1.54) is 0 Å². The van der Waals surface area contributed by atoms with Crippen LogP contribution in [0.4, 0.5) is 0 Å². The maximum atomic E-state index is 13.1. The number of piperidine rings is 1. The molecule has 3 atom stereocenters. The molecule has 0 radical (unpaired) electrons. The summed E-state index contributed by atoms with van der Waals surface area (Å²) >= 11 is 3.51. The molecule has 29 heavy (non-hydrogen) atoms. The predicted octanol–water partition coefficient (Wildman–Crippen LogP) is 2.23. The molecule has 1 saturated heterocycles. The van der Waals surface area contributed by atoms with Crippen LogP contribution in [0.15, 0.2) is 22.2 Å². The van der Waals surface area contributed by atoms with E-state index in [1.807, 2.05) is 7.05 Å². The van der Waals surface area contributed by atoms with Crippen LogP contribution < -0.4 is 9.47 Å². The van der Waals surface area contributed by atoms with Crippen molar-refractivity contribution in [2.24, 2.45) is 0 Å². The number of likely N-dealkylation sites (N-methyl/N-ethyl adjacent to an activating group) is 1. The van der Waals surface area contributed by atoms with Crippen molar-refractivity contribution in [1.29, 1.82) is 0 Å². The minimum absolute atomic E-state index is 0.0276. The maximum absolute atomic E-state index is 13.1. The number of hydrogen-bond donors (Lipinski definition) is 1. The number of carbonyl (C=O) groups is 2. The van der Waals surface area contributed by atoms with Crippen LogP contribution in [0, 0.1) is 0 Å². The van der Waals surface area contributed by atoms with Gasteiger partial charge in [-0.15, -0.1) is 0 Å². The SMILES string of the molecule is COc1cc(Br)c(C(=O)OC(C)CO)c2c1OC1CC(=O)C=C3CN(C)CCC321. The first-order chi connectivity index (χ1) is 13.8. The van der Waals surface area contributed by atoms with E-state index in [0.717, 1.165) is 24.1 Å². The number of likely N-dealkylation sites (tertiary alicyclic amines) is 1. The lowest BCUT2D eigenvalue weighted by Crippen LogP contribution is -2.52. The van der Waals surface area contributed by atoms with Gasteiger partial charge in [-0.2, -0.15) is 0 Å². The van der Waals surface area contributed by atoms with E-state index in [0.29, 0.717) is 28.1 Å². The molecule has 8 heteroatoms. The monoisotopic (exact) mass is 465 g/mol. The quantitative estimate of drug-likeness (QED) is 0.682. The second-order valence-corrected chi connectivity index (χ2v) is 8.80. The molecule has 156 valence electrons. The Kier molecular flexibility index (Phi) is 5.21. The summed E-state index contributed by atoms with van der Waals surface area (Å²) in [6.07, 6.45) is 1.66. The number of fused-ring (bicyclic) bond motifs is 1. The zero-order valence-corrected chi connectivity index (χ0v) is 18.2. The minimum atomic E-state index is -0.636. The molecule has 1 spiro atoms. The van der Waals surface area contributed by atoms with Gasteiger partial charge in [0.05, 0.1) is 24.7 Å². The molecule has 3 unspecified atom stereocenters. The molecule has 0 aromatic heterocycles. The van der Waals surface area contributed by atoms with E-state index in [-0.39, 0.29) is 24.9 Å². The van der Waals surface area contributed by atoms with Crippen LogP contribution in [0.3, 0.4) is 0 Å². The number of aliphatic hydroxyl groups excluding tert-OH is 1. The lowest BCUT2D eigenvalue weighted by atomic mass is 9.62. The fraction of sp³-hybridized carbons (Fsp3) is 0.524. The lowest BCUT2D eigenvalue weighted by molar-refractivity contribution is -0.117. The molecule has 0 bridgehead atoms. The molecule has 1 fully saturated rings. The normalized spacial score (nSPS) is 26.6. The summed E-state index contributed by atoms with van der Waals surface area (Å²) in [7, 11) is 3.56. The van der Waals surface area contributed by atoms with Gasteiger partial charge in [-0.25, -0.2) is 4.79 Å². The zero-order chi connectivity index (χ0) is 20.9. The Bertz CT molecular complexity index is 913. The summed E-state index contributed by atoms with van der Waals surface area (Å²) in [6, 6.07) is 1.69. The van der Waals surface area contributed by atoms with Gasteiger partial charge in [0.25, 0.3) is 0 Å². The summed E-state index contributed by atoms with van der Waals surface area (Å²) in [5.74, 6) is 0.494. The summed E-state index contributed by atoms with van der Waals surface area (Å²) in [5, 5.41) is 9.32. The molecule has 3 aliphatic rings. The number of rotatable bonds is 4. The Morgan fingerprint density at radius 1 is 1.52 bits per heavy atom. The van der Waals surface area contributed by atoms with Gasteiger partial charge >= 0.3 is 5.97 Å². The molecular weight excluding hydrogens is 442 g/mol. The van der Waals surface area contributed by atoms with Crippen molar-refractivity contribution >= 4 is 27.7 Å². The molecule has 2 heterocycles. The standard InChI is InChI=1S/C21H24BrNO6/c1-11(10-24)28-20(26)17-14(22)8-15(27-3)19-18(17)21-4-5-23(2)9-12(21)6-13(25)7-16(21)29-19/h6,8,11,16,24H,4-5,7,9-10H2,1-3H3. The van der Waals surface area contributed by atoms with Crippen molar-refractivity contribution in [3.63, 3.8) is 0 Å². The number of ether oxygens (including phenoxy) is 3. The van der Waals surface area contributed by atoms with Crippen molar-refractivity contribution in [3.05, 3.63) is 33.3 Å². The van der Waals surface area contributed by atoms with Crippen LogP contribution in [-0.2, 0) is 14.9 Å². The maximum Gasteiger partial charge on any atom is 0.340 e. The first kappa shape index (κ1) is 20.4. The van der Waals surface area contributed by atoms with Gasteiger partial charge in [-0.3, -0.25) is 4.79 Å². The van der Waals surface area contributed by atoms with E-state index >= 15 is 0 Å². The number of methoxy groups -OCH3 is 1. The lowest BCUT2D eigenvalue weighted by Gasteiger charge is -2.45. The molecule has 1 aromatic rings. The van der Waals surface area contributed by atoms with Gasteiger partial charge in [0.2, 0.25) is 0 Å². The third kappa shape index (κ3) is 3.08. The van der Waals surface area contributed by atoms with Crippen molar-refractivity contribution < 1.29 is 28.9 Å². The molecule has 4 rings (SSSR count). The number of aliphatic hydroxyl groups is 1. The van der Waals surface area contributed by atoms with Crippen LogP contribution in [0.5, 0.6) is 11.5 Å². The summed E-state index contributed by atoms with van der Waals surface area (Å²) in [5.41, 5.74) is 1.46. The third-order valence-corrected chi connectivity index (χ3v) is 6.69. The Morgan fingerprint density at radius 2 is 2.28 bits per heavy atom. The Hall–Kier alpha value is -1.90. The summed E-state index contributed by atoms with van der Waals surface area (Å²) < 4.78 is 17.8. The van der Waals surface area contributed by atoms with E-state index in [2.05, 4.69) is 20.8 Å². The number of allylic oxidation sites excluding steroid dienone is 1. The molecule has 2 aliphatic heterocycles. The second kappa shape index (κ2) is 7.41. The smallest absolute Gasteiger partial charge is 0.340 e. The second-order valence-electron chi connectivity index (χ2n) is 7.94. The van der Waals surface area contributed by atoms with Crippen LogP contribution in [-0.4, -0.2) is 67.8 Å². The zero-order valence-electron chi connectivity index (χ0n) is 16.7. The number of halogens is 1. The molecule has 1 N–H and O–H groups in total. The number of esters is 1. The van der Waals surface area contributed by atoms with Gasteiger partial charge in [0.15, 0.2) is 17.3 Å². The highest BCUT2D eigenvalue weighted by molar-refractivity contribution is 9.10. The fourth-order valence-corrected chi connectivity index (χ4v) is 5.27. The Balaban J connectivity index is 1.95. The van der Waals surface area contributed by atoms with Crippen LogP contribution in [0.25, 0.3) is 0 Å². The molecule has 1 aromatic carbocycles. The highest BCUT2D eigenvalue weighted by Crippen LogP contribution is 2.59. The topological polar surface area (TPSA) is 85.3 Å². The Morgan fingerprint density at radius 3 is 2.97 bits per heavy atom. The van der Waals surface area contributed by atoms with Gasteiger partial charge < -0.3 is 24.2 Å². The van der Waals surface area contributed by atoms with Crippen molar-refractivity contribution in [2.75, 3.05) is 33.9 Å². The highest BCUT2D eigenvalue weighted by atomic mass is 79.9. The van der Waals surface area contributed by atoms with Gasteiger partial charge in [0, 0.05) is 23.0 Å². The number of benzene rings is 1. The van der Waals surface area contributed by atoms with E-state index in [9.17, 15) is 14.7 Å². The number of hydrogen-bond acceptors (Lipinski definition) is 7. The molecule has 1 aliphatic carbocycles. The summed E-state index contributed by atoms with van der Waals surface area (Å²) in [6.45, 7) is 2.80. The van der Waals surface area contributed by atoms with Crippen LogP contribution >= 0.6 is 15.9 Å². The molecule has 7 nitrogen and oxygen atoms in total. The predicted molar refractivity (Wildman–Crippen MR) is 109 cm³/mol. The highest BCUT2D eigenvalue weighted by Gasteiger charge is 2.58. The first-order valence-corrected chi connectivity index (χ1v) is 10.4. The van der Waals surface area contributed by atoms with E-state index < -0.39 is 17.5 Å². The molecular formula is C21H24BrNO6. The molecule has 0 saturated carbocycles. The van der Waals surface area contributed by atoms with E-state index in [1.54, 1.807) is 26.2 Å². The summed E-state index contributed by atoms with van der Waals surface area (Å²) in [4.78, 5) is 27.7. The van der Waals surface area contributed by atoms with Crippen molar-refractivity contribution in [1.82, 2.24) is 4.90 Å². The average Bonchev–Trinajstić information content (AvgIpc) is 2.99.